The van der Waals surface area contributed by atoms with E-state index in [-0.39, 0.29) is 0 Å². The second-order valence-corrected chi connectivity index (χ2v) is 5.58. The summed E-state index contributed by atoms with van der Waals surface area (Å²) >= 11 is 3.55. The van der Waals surface area contributed by atoms with Crippen LogP contribution in [0.5, 0.6) is 0 Å². The van der Waals surface area contributed by atoms with Crippen LogP contribution in [-0.2, 0) is 0 Å². The van der Waals surface area contributed by atoms with Gasteiger partial charge >= 0.3 is 0 Å². The van der Waals surface area contributed by atoms with Crippen LogP contribution in [0.2, 0.25) is 0 Å². The number of hydrogen-bond acceptors (Lipinski definition) is 3. The zero-order chi connectivity index (χ0) is 14.1. The van der Waals surface area contributed by atoms with Gasteiger partial charge in [0, 0.05) is 33.1 Å². The Morgan fingerprint density at radius 2 is 1.95 bits per heavy atom. The Morgan fingerprint density at radius 3 is 2.75 bits per heavy atom. The van der Waals surface area contributed by atoms with Gasteiger partial charge in [-0.25, -0.2) is 0 Å². The largest absolute Gasteiger partial charge is 0.399 e. The molecule has 20 heavy (non-hydrogen) atoms. The molecule has 0 saturated heterocycles. The summed E-state index contributed by atoms with van der Waals surface area (Å²) in [5.41, 5.74) is 10.7. The van der Waals surface area contributed by atoms with Crippen LogP contribution in [0.15, 0.2) is 53.1 Å². The Labute approximate surface area is 126 Å². The van der Waals surface area contributed by atoms with Gasteiger partial charge in [-0.05, 0) is 48.9 Å². The smallest absolute Gasteiger partial charge is 0.0743 e. The number of aryl methyl sites for hydroxylation is 1. The van der Waals surface area contributed by atoms with Crippen LogP contribution in [0, 0.1) is 6.92 Å². The maximum Gasteiger partial charge on any atom is 0.0743 e. The molecule has 3 rings (SSSR count). The van der Waals surface area contributed by atoms with E-state index in [2.05, 4.69) is 51.4 Å². The van der Waals surface area contributed by atoms with Gasteiger partial charge in [-0.15, -0.1) is 0 Å². The molecule has 1 heterocycles. The molecule has 0 bridgehead atoms. The van der Waals surface area contributed by atoms with Gasteiger partial charge in [0.2, 0.25) is 0 Å². The average molecular weight is 328 g/mol. The maximum atomic E-state index is 5.80. The first-order valence-corrected chi connectivity index (χ1v) is 7.10. The predicted octanol–water partition coefficient (Wildman–Crippen LogP) is 4.63. The van der Waals surface area contributed by atoms with Crippen molar-refractivity contribution in [2.24, 2.45) is 0 Å². The van der Waals surface area contributed by atoms with Gasteiger partial charge in [-0.3, -0.25) is 4.98 Å². The molecule has 3 nitrogen and oxygen atoms in total. The third-order valence-corrected chi connectivity index (χ3v) is 4.07. The summed E-state index contributed by atoms with van der Waals surface area (Å²) in [5, 5.41) is 4.48. The van der Waals surface area contributed by atoms with Crippen LogP contribution in [0.1, 0.15) is 5.56 Å². The summed E-state index contributed by atoms with van der Waals surface area (Å²) < 4.78 is 1.09. The molecule has 0 saturated carbocycles. The fourth-order valence-corrected chi connectivity index (χ4v) is 2.48. The van der Waals surface area contributed by atoms with Crippen LogP contribution >= 0.6 is 15.9 Å². The van der Waals surface area contributed by atoms with Gasteiger partial charge in [0.25, 0.3) is 0 Å². The first kappa shape index (κ1) is 12.9. The van der Waals surface area contributed by atoms with Gasteiger partial charge in [-0.2, -0.15) is 0 Å². The van der Waals surface area contributed by atoms with E-state index in [0.29, 0.717) is 0 Å². The minimum atomic E-state index is 0.722. The monoisotopic (exact) mass is 327 g/mol. The summed E-state index contributed by atoms with van der Waals surface area (Å²) in [7, 11) is 0. The quantitative estimate of drug-likeness (QED) is 0.674. The number of fused-ring (bicyclic) bond motifs is 1. The molecule has 0 atom stereocenters. The number of pyridine rings is 1. The molecule has 0 amide bonds. The van der Waals surface area contributed by atoms with Crippen LogP contribution in [0.3, 0.4) is 0 Å². The lowest BCUT2D eigenvalue weighted by Crippen LogP contribution is -1.94. The zero-order valence-electron chi connectivity index (χ0n) is 11.0. The van der Waals surface area contributed by atoms with Crippen molar-refractivity contribution in [2.75, 3.05) is 11.1 Å². The summed E-state index contributed by atoms with van der Waals surface area (Å²) in [6.45, 7) is 2.07. The highest BCUT2D eigenvalue weighted by molar-refractivity contribution is 9.10. The summed E-state index contributed by atoms with van der Waals surface area (Å²) in [6, 6.07) is 13.9. The van der Waals surface area contributed by atoms with Crippen molar-refractivity contribution in [3.63, 3.8) is 0 Å². The molecular formula is C16H14BrN3. The second-order valence-electron chi connectivity index (χ2n) is 4.72. The van der Waals surface area contributed by atoms with E-state index in [1.807, 2.05) is 24.3 Å². The minimum absolute atomic E-state index is 0.722. The first-order chi connectivity index (χ1) is 9.63. The van der Waals surface area contributed by atoms with Crippen LogP contribution < -0.4 is 11.1 Å². The van der Waals surface area contributed by atoms with Crippen molar-refractivity contribution in [3.05, 3.63) is 58.7 Å². The highest BCUT2D eigenvalue weighted by Gasteiger charge is 2.04. The number of halogens is 1. The van der Waals surface area contributed by atoms with E-state index in [0.717, 1.165) is 32.4 Å². The lowest BCUT2D eigenvalue weighted by atomic mass is 10.1. The number of aromatic nitrogens is 1. The van der Waals surface area contributed by atoms with Crippen molar-refractivity contribution < 1.29 is 0 Å². The summed E-state index contributed by atoms with van der Waals surface area (Å²) in [6.07, 6.45) is 1.79. The molecule has 3 aromatic rings. The molecule has 0 radical (unpaired) electrons. The molecule has 0 unspecified atom stereocenters. The zero-order valence-corrected chi connectivity index (χ0v) is 12.6. The van der Waals surface area contributed by atoms with Gasteiger partial charge in [0.05, 0.1) is 5.52 Å². The van der Waals surface area contributed by atoms with Crippen molar-refractivity contribution in [2.45, 2.75) is 6.92 Å². The number of nitrogens with one attached hydrogen (secondary N) is 1. The fraction of sp³-hybridized carbons (Fsp3) is 0.0625. The SMILES string of the molecule is Cc1ccc(Nc2ccnc3cc(N)ccc23)cc1Br. The van der Waals surface area contributed by atoms with E-state index in [4.69, 9.17) is 5.73 Å². The van der Waals surface area contributed by atoms with Crippen molar-refractivity contribution >= 4 is 43.9 Å². The number of benzene rings is 2. The average Bonchev–Trinajstić information content (AvgIpc) is 2.43. The van der Waals surface area contributed by atoms with Crippen molar-refractivity contribution in [1.82, 2.24) is 4.98 Å². The summed E-state index contributed by atoms with van der Waals surface area (Å²) in [4.78, 5) is 4.35. The van der Waals surface area contributed by atoms with Gasteiger partial charge in [-0.1, -0.05) is 22.0 Å². The Balaban J connectivity index is 2.04. The van der Waals surface area contributed by atoms with Gasteiger partial charge in [0.15, 0.2) is 0 Å². The highest BCUT2D eigenvalue weighted by Crippen LogP contribution is 2.28. The number of nitrogens with two attached hydrogens (primary N) is 1. The lowest BCUT2D eigenvalue weighted by molar-refractivity contribution is 1.39. The molecule has 3 N–H and O–H groups in total. The van der Waals surface area contributed by atoms with Crippen molar-refractivity contribution in [3.8, 4) is 0 Å². The number of hydrogen-bond donors (Lipinski definition) is 2. The standard InChI is InChI=1S/C16H14BrN3/c1-10-2-4-12(9-14(10)17)20-15-6-7-19-16-8-11(18)3-5-13(15)16/h2-9H,18H2,1H3,(H,19,20). The highest BCUT2D eigenvalue weighted by atomic mass is 79.9. The van der Waals surface area contributed by atoms with Crippen LogP contribution in [-0.4, -0.2) is 4.98 Å². The molecule has 2 aromatic carbocycles. The molecule has 0 aliphatic carbocycles. The molecular weight excluding hydrogens is 314 g/mol. The molecule has 0 aliphatic rings. The topological polar surface area (TPSA) is 50.9 Å². The summed E-state index contributed by atoms with van der Waals surface area (Å²) in [5.74, 6) is 0. The number of rotatable bonds is 2. The third-order valence-electron chi connectivity index (χ3n) is 3.22. The molecule has 0 fully saturated rings. The van der Waals surface area contributed by atoms with E-state index in [1.165, 1.54) is 5.56 Å². The van der Waals surface area contributed by atoms with Crippen molar-refractivity contribution in [1.29, 1.82) is 0 Å². The Morgan fingerprint density at radius 1 is 1.10 bits per heavy atom. The minimum Gasteiger partial charge on any atom is -0.399 e. The Kier molecular flexibility index (Phi) is 3.32. The Hall–Kier alpha value is -2.07. The molecule has 4 heteroatoms. The predicted molar refractivity (Wildman–Crippen MR) is 88.3 cm³/mol. The van der Waals surface area contributed by atoms with E-state index >= 15 is 0 Å². The van der Waals surface area contributed by atoms with E-state index in [1.54, 1.807) is 6.20 Å². The lowest BCUT2D eigenvalue weighted by Gasteiger charge is -2.11. The number of nitrogens with zero attached hydrogens (tertiary/aromatic N) is 1. The van der Waals surface area contributed by atoms with E-state index < -0.39 is 0 Å². The fourth-order valence-electron chi connectivity index (χ4n) is 2.10. The number of nitrogen functional groups attached to an aromatic ring is 1. The third kappa shape index (κ3) is 2.47. The van der Waals surface area contributed by atoms with Gasteiger partial charge < -0.3 is 11.1 Å². The molecule has 1 aromatic heterocycles. The number of anilines is 3. The molecule has 100 valence electrons. The van der Waals surface area contributed by atoms with Crippen LogP contribution in [0.25, 0.3) is 10.9 Å². The Bertz CT molecular complexity index is 784. The van der Waals surface area contributed by atoms with Gasteiger partial charge in [0.1, 0.15) is 0 Å². The first-order valence-electron chi connectivity index (χ1n) is 6.31. The molecule has 0 spiro atoms. The maximum absolute atomic E-state index is 5.80. The second kappa shape index (κ2) is 5.13. The molecule has 0 aliphatic heterocycles. The van der Waals surface area contributed by atoms with Crippen LogP contribution in [0.4, 0.5) is 17.1 Å². The van der Waals surface area contributed by atoms with E-state index in [9.17, 15) is 0 Å². The normalized spacial score (nSPS) is 10.7.